The van der Waals surface area contributed by atoms with E-state index in [-0.39, 0.29) is 18.2 Å². The quantitative estimate of drug-likeness (QED) is 0.629. The summed E-state index contributed by atoms with van der Waals surface area (Å²) >= 11 is 0. The molecule has 1 heterocycles. The van der Waals surface area contributed by atoms with Crippen LogP contribution in [-0.2, 0) is 22.0 Å². The first-order valence-corrected chi connectivity index (χ1v) is 7.61. The second-order valence-corrected chi connectivity index (χ2v) is 5.95. The normalized spacial score (nSPS) is 15.7. The van der Waals surface area contributed by atoms with E-state index < -0.39 is 11.4 Å². The zero-order valence-electron chi connectivity index (χ0n) is 12.9. The maximum Gasteiger partial charge on any atom is 0.317 e. The third-order valence-corrected chi connectivity index (χ3v) is 4.56. The Bertz CT molecular complexity index is 729. The number of nitrogens with zero attached hydrogens (tertiary/aromatic N) is 1. The molecule has 1 aromatic carbocycles. The highest BCUT2D eigenvalue weighted by atomic mass is 19.1. The van der Waals surface area contributed by atoms with Crippen molar-refractivity contribution in [2.75, 3.05) is 6.61 Å². The summed E-state index contributed by atoms with van der Waals surface area (Å²) in [5.41, 5.74) is 0.519. The molecule has 5 heteroatoms. The van der Waals surface area contributed by atoms with E-state index in [0.29, 0.717) is 18.5 Å². The van der Waals surface area contributed by atoms with Crippen molar-refractivity contribution in [1.82, 2.24) is 4.57 Å². The summed E-state index contributed by atoms with van der Waals surface area (Å²) in [5, 5.41) is 0. The molecule has 0 amide bonds. The Labute approximate surface area is 133 Å². The lowest BCUT2D eigenvalue weighted by Gasteiger charge is -2.39. The molecule has 120 valence electrons. The van der Waals surface area contributed by atoms with Crippen molar-refractivity contribution in [2.24, 2.45) is 7.05 Å². The number of Topliss-reactive ketones (excluding diaryl/α,β-unsaturated/α-hetero) is 1. The van der Waals surface area contributed by atoms with E-state index in [4.69, 9.17) is 4.74 Å². The number of hydrogen-bond acceptors (Lipinski definition) is 3. The van der Waals surface area contributed by atoms with Gasteiger partial charge in [0.2, 0.25) is 5.78 Å². The number of rotatable bonds is 5. The summed E-state index contributed by atoms with van der Waals surface area (Å²) < 4.78 is 20.1. The molecule has 1 aliphatic carbocycles. The van der Waals surface area contributed by atoms with Crippen molar-refractivity contribution < 1.29 is 18.7 Å². The molecule has 1 aliphatic rings. The minimum Gasteiger partial charge on any atom is -0.457 e. The Morgan fingerprint density at radius 1 is 1.22 bits per heavy atom. The third-order valence-electron chi connectivity index (χ3n) is 4.56. The summed E-state index contributed by atoms with van der Waals surface area (Å²) in [6, 6.07) is 9.38. The van der Waals surface area contributed by atoms with Gasteiger partial charge in [-0.05, 0) is 42.7 Å². The number of halogens is 1. The largest absolute Gasteiger partial charge is 0.457 e. The number of ether oxygens (including phenoxy) is 1. The summed E-state index contributed by atoms with van der Waals surface area (Å²) in [6.45, 7) is -0.278. The average molecular weight is 315 g/mol. The fourth-order valence-electron chi connectivity index (χ4n) is 3.00. The van der Waals surface area contributed by atoms with Crippen LogP contribution in [-0.4, -0.2) is 22.9 Å². The van der Waals surface area contributed by atoms with E-state index in [1.165, 1.54) is 12.1 Å². The van der Waals surface area contributed by atoms with E-state index in [9.17, 15) is 14.0 Å². The maximum absolute atomic E-state index is 13.1. The molecular formula is C18H18FNO3. The minimum atomic E-state index is -0.734. The molecule has 1 fully saturated rings. The van der Waals surface area contributed by atoms with Crippen LogP contribution in [0.1, 0.15) is 35.3 Å². The van der Waals surface area contributed by atoms with Crippen molar-refractivity contribution in [3.8, 4) is 0 Å². The van der Waals surface area contributed by atoms with Crippen LogP contribution in [0.2, 0.25) is 0 Å². The summed E-state index contributed by atoms with van der Waals surface area (Å²) in [4.78, 5) is 24.6. The fourth-order valence-corrected chi connectivity index (χ4v) is 3.00. The van der Waals surface area contributed by atoms with Gasteiger partial charge in [-0.3, -0.25) is 9.59 Å². The van der Waals surface area contributed by atoms with Crippen LogP contribution < -0.4 is 0 Å². The molecule has 4 nitrogen and oxygen atoms in total. The first-order chi connectivity index (χ1) is 11.0. The smallest absolute Gasteiger partial charge is 0.317 e. The monoisotopic (exact) mass is 315 g/mol. The van der Waals surface area contributed by atoms with Crippen LogP contribution in [0.3, 0.4) is 0 Å². The molecule has 23 heavy (non-hydrogen) atoms. The van der Waals surface area contributed by atoms with Gasteiger partial charge in [0.05, 0.1) is 11.1 Å². The van der Waals surface area contributed by atoms with Crippen LogP contribution in [0.4, 0.5) is 4.39 Å². The number of esters is 1. The van der Waals surface area contributed by atoms with Gasteiger partial charge in [-0.1, -0.05) is 18.6 Å². The lowest BCUT2D eigenvalue weighted by Crippen LogP contribution is -2.44. The van der Waals surface area contributed by atoms with E-state index in [2.05, 4.69) is 0 Å². The Hall–Kier alpha value is -2.43. The summed E-state index contributed by atoms with van der Waals surface area (Å²) in [6.07, 6.45) is 4.00. The molecule has 1 aromatic heterocycles. The number of aromatic nitrogens is 1. The minimum absolute atomic E-state index is 0.237. The van der Waals surface area contributed by atoms with Crippen LogP contribution in [0.25, 0.3) is 0 Å². The van der Waals surface area contributed by atoms with Crippen molar-refractivity contribution in [1.29, 1.82) is 0 Å². The van der Waals surface area contributed by atoms with Gasteiger partial charge in [-0.2, -0.15) is 0 Å². The van der Waals surface area contributed by atoms with Gasteiger partial charge in [0.1, 0.15) is 5.82 Å². The molecule has 0 atom stereocenters. The van der Waals surface area contributed by atoms with Gasteiger partial charge in [-0.15, -0.1) is 0 Å². The van der Waals surface area contributed by atoms with E-state index >= 15 is 0 Å². The maximum atomic E-state index is 13.1. The first kappa shape index (κ1) is 15.5. The zero-order chi connectivity index (χ0) is 16.4. The molecular weight excluding hydrogens is 297 g/mol. The number of hydrogen-bond donors (Lipinski definition) is 0. The van der Waals surface area contributed by atoms with Crippen molar-refractivity contribution in [2.45, 2.75) is 24.7 Å². The molecule has 0 unspecified atom stereocenters. The van der Waals surface area contributed by atoms with Gasteiger partial charge in [0.15, 0.2) is 6.61 Å². The van der Waals surface area contributed by atoms with Gasteiger partial charge in [0, 0.05) is 13.2 Å². The van der Waals surface area contributed by atoms with E-state index in [1.54, 1.807) is 42.1 Å². The zero-order valence-corrected chi connectivity index (χ0v) is 12.9. The third kappa shape index (κ3) is 2.79. The molecule has 0 radical (unpaired) electrons. The fraction of sp³-hybridized carbons (Fsp3) is 0.333. The topological polar surface area (TPSA) is 48.3 Å². The summed E-state index contributed by atoms with van der Waals surface area (Å²) in [5.74, 6) is -0.979. The van der Waals surface area contributed by atoms with Gasteiger partial charge < -0.3 is 9.30 Å². The predicted octanol–water partition coefficient (Wildman–Crippen LogP) is 3.01. The van der Waals surface area contributed by atoms with Crippen molar-refractivity contribution >= 4 is 11.8 Å². The molecule has 0 N–H and O–H groups in total. The lowest BCUT2D eigenvalue weighted by atomic mass is 9.64. The standard InChI is InChI=1S/C18H18FNO3/c1-20-11-2-4-15(20)16(21)12-23-17(22)18(9-3-10-18)13-5-7-14(19)8-6-13/h2,4-8,11H,3,9-10,12H2,1H3. The molecule has 0 saturated heterocycles. The van der Waals surface area contributed by atoms with Crippen molar-refractivity contribution in [3.05, 3.63) is 59.7 Å². The SMILES string of the molecule is Cn1cccc1C(=O)COC(=O)C1(c2ccc(F)cc2)CCC1. The number of benzene rings is 1. The average Bonchev–Trinajstić information content (AvgIpc) is 2.92. The van der Waals surface area contributed by atoms with Gasteiger partial charge in [-0.25, -0.2) is 4.39 Å². The number of aryl methyl sites for hydroxylation is 1. The Morgan fingerprint density at radius 2 is 1.91 bits per heavy atom. The molecule has 0 aliphatic heterocycles. The second-order valence-electron chi connectivity index (χ2n) is 5.95. The highest BCUT2D eigenvalue weighted by molar-refractivity contribution is 5.97. The Morgan fingerprint density at radius 3 is 2.43 bits per heavy atom. The van der Waals surface area contributed by atoms with Crippen LogP contribution in [0, 0.1) is 5.82 Å². The van der Waals surface area contributed by atoms with Crippen LogP contribution in [0.5, 0.6) is 0 Å². The van der Waals surface area contributed by atoms with Crippen LogP contribution >= 0.6 is 0 Å². The number of carbonyl (C=O) groups excluding carboxylic acids is 2. The second kappa shape index (κ2) is 5.99. The Balaban J connectivity index is 1.70. The van der Waals surface area contributed by atoms with E-state index in [1.807, 2.05) is 0 Å². The predicted molar refractivity (Wildman–Crippen MR) is 82.6 cm³/mol. The number of ketones is 1. The summed E-state index contributed by atoms with van der Waals surface area (Å²) in [7, 11) is 1.76. The number of carbonyl (C=O) groups is 2. The molecule has 0 spiro atoms. The molecule has 3 rings (SSSR count). The van der Waals surface area contributed by atoms with Gasteiger partial charge in [0.25, 0.3) is 0 Å². The highest BCUT2D eigenvalue weighted by Gasteiger charge is 2.47. The van der Waals surface area contributed by atoms with Crippen molar-refractivity contribution in [3.63, 3.8) is 0 Å². The Kier molecular flexibility index (Phi) is 4.03. The first-order valence-electron chi connectivity index (χ1n) is 7.61. The highest BCUT2D eigenvalue weighted by Crippen LogP contribution is 2.44. The van der Waals surface area contributed by atoms with Gasteiger partial charge >= 0.3 is 5.97 Å². The van der Waals surface area contributed by atoms with E-state index in [0.717, 1.165) is 12.0 Å². The molecule has 2 aromatic rings. The molecule has 0 bridgehead atoms. The van der Waals surface area contributed by atoms with Crippen LogP contribution in [0.15, 0.2) is 42.6 Å². The lowest BCUT2D eigenvalue weighted by molar-refractivity contribution is -0.153. The molecule has 1 saturated carbocycles.